The molecule has 0 aliphatic heterocycles. The zero-order chi connectivity index (χ0) is 15.2. The molecule has 2 nitrogen and oxygen atoms in total. The third kappa shape index (κ3) is 2.04. The highest BCUT2D eigenvalue weighted by Crippen LogP contribution is 2.57. The van der Waals surface area contributed by atoms with Crippen LogP contribution in [0.3, 0.4) is 0 Å². The average Bonchev–Trinajstić information content (AvgIpc) is 3.00. The van der Waals surface area contributed by atoms with E-state index in [2.05, 4.69) is 24.3 Å². The number of fused-ring (bicyclic) bond motifs is 1. The Morgan fingerprint density at radius 3 is 2.68 bits per heavy atom. The summed E-state index contributed by atoms with van der Waals surface area (Å²) in [5, 5.41) is 4.29. The van der Waals surface area contributed by atoms with Crippen molar-refractivity contribution in [3.05, 3.63) is 64.9 Å². The van der Waals surface area contributed by atoms with E-state index < -0.39 is 5.60 Å². The number of benzene rings is 2. The van der Waals surface area contributed by atoms with Crippen molar-refractivity contribution in [3.63, 3.8) is 0 Å². The molecular weight excluding hydrogens is 292 g/mol. The third-order valence-electron chi connectivity index (χ3n) is 4.38. The van der Waals surface area contributed by atoms with E-state index in [4.69, 9.17) is 4.74 Å². The van der Waals surface area contributed by atoms with Crippen LogP contribution in [0.5, 0.6) is 5.75 Å². The molecule has 1 aliphatic carbocycles. The van der Waals surface area contributed by atoms with Gasteiger partial charge in [-0.2, -0.15) is 0 Å². The Kier molecular flexibility index (Phi) is 3.05. The lowest BCUT2D eigenvalue weighted by atomic mass is 10.1. The molecule has 0 amide bonds. The fourth-order valence-electron chi connectivity index (χ4n) is 3.15. The van der Waals surface area contributed by atoms with Gasteiger partial charge < -0.3 is 4.74 Å². The molecule has 4 rings (SSSR count). The zero-order valence-corrected chi connectivity index (χ0v) is 13.1. The molecule has 0 bridgehead atoms. The van der Waals surface area contributed by atoms with Crippen LogP contribution >= 0.6 is 11.3 Å². The van der Waals surface area contributed by atoms with Gasteiger partial charge in [-0.3, -0.25) is 4.79 Å². The van der Waals surface area contributed by atoms with Crippen molar-refractivity contribution in [3.8, 4) is 5.75 Å². The number of thiophene rings is 1. The number of ether oxygens (including phenoxy) is 1. The molecule has 2 unspecified atom stereocenters. The highest BCUT2D eigenvalue weighted by atomic mass is 32.1. The van der Waals surface area contributed by atoms with Crippen molar-refractivity contribution in [2.45, 2.75) is 18.9 Å². The van der Waals surface area contributed by atoms with Crippen LogP contribution < -0.4 is 4.74 Å². The summed E-state index contributed by atoms with van der Waals surface area (Å²) >= 11 is 1.66. The minimum Gasteiger partial charge on any atom is -0.480 e. The first kappa shape index (κ1) is 13.5. The van der Waals surface area contributed by atoms with Gasteiger partial charge in [-0.1, -0.05) is 42.5 Å². The van der Waals surface area contributed by atoms with Crippen LogP contribution in [-0.2, 0) is 10.4 Å². The average molecular weight is 308 g/mol. The summed E-state index contributed by atoms with van der Waals surface area (Å²) in [6.45, 7) is 1.66. The Hall–Kier alpha value is -2.13. The molecule has 1 heterocycles. The summed E-state index contributed by atoms with van der Waals surface area (Å²) in [7, 11) is 0. The highest BCUT2D eigenvalue weighted by Gasteiger charge is 2.61. The molecule has 0 radical (unpaired) electrons. The minimum atomic E-state index is -0.468. The van der Waals surface area contributed by atoms with E-state index >= 15 is 0 Å². The number of rotatable bonds is 4. The largest absolute Gasteiger partial charge is 0.480 e. The Bertz CT molecular complexity index is 832. The molecule has 2 aromatic carbocycles. The summed E-state index contributed by atoms with van der Waals surface area (Å²) in [6.07, 6.45) is 0.770. The van der Waals surface area contributed by atoms with Crippen LogP contribution in [0.15, 0.2) is 60.0 Å². The summed E-state index contributed by atoms with van der Waals surface area (Å²) in [6, 6.07) is 18.3. The van der Waals surface area contributed by atoms with Gasteiger partial charge in [0.15, 0.2) is 5.60 Å². The van der Waals surface area contributed by atoms with Gasteiger partial charge in [0.25, 0.3) is 0 Å². The van der Waals surface area contributed by atoms with Gasteiger partial charge in [-0.05, 0) is 29.8 Å². The van der Waals surface area contributed by atoms with Crippen LogP contribution in [0, 0.1) is 5.92 Å². The van der Waals surface area contributed by atoms with Gasteiger partial charge in [-0.15, -0.1) is 11.3 Å². The maximum atomic E-state index is 11.9. The number of ketones is 1. The van der Waals surface area contributed by atoms with Crippen molar-refractivity contribution in [2.24, 2.45) is 5.92 Å². The molecule has 0 saturated heterocycles. The fraction of sp³-hybridized carbons (Fsp3) is 0.211. The van der Waals surface area contributed by atoms with E-state index in [0.717, 1.165) is 27.8 Å². The van der Waals surface area contributed by atoms with Crippen molar-refractivity contribution in [1.29, 1.82) is 0 Å². The molecule has 3 heteroatoms. The molecule has 1 aliphatic rings. The third-order valence-corrected chi connectivity index (χ3v) is 5.41. The van der Waals surface area contributed by atoms with Crippen LogP contribution in [0.2, 0.25) is 0 Å². The Morgan fingerprint density at radius 2 is 1.95 bits per heavy atom. The maximum absolute atomic E-state index is 11.9. The topological polar surface area (TPSA) is 26.3 Å². The maximum Gasteiger partial charge on any atom is 0.154 e. The lowest BCUT2D eigenvalue weighted by Gasteiger charge is -2.19. The molecule has 1 saturated carbocycles. The number of carbonyl (C=O) groups excluding carboxylic acids is 1. The van der Waals surface area contributed by atoms with Gasteiger partial charge in [-0.25, -0.2) is 0 Å². The highest BCUT2D eigenvalue weighted by molar-refractivity contribution is 7.10. The monoisotopic (exact) mass is 308 g/mol. The molecule has 1 aromatic heterocycles. The van der Waals surface area contributed by atoms with Crippen molar-refractivity contribution in [2.75, 3.05) is 0 Å². The lowest BCUT2D eigenvalue weighted by Crippen LogP contribution is -2.20. The van der Waals surface area contributed by atoms with E-state index in [1.54, 1.807) is 18.3 Å². The summed E-state index contributed by atoms with van der Waals surface area (Å²) in [4.78, 5) is 13.0. The van der Waals surface area contributed by atoms with E-state index in [1.165, 1.54) is 0 Å². The van der Waals surface area contributed by atoms with Crippen LogP contribution in [0.1, 0.15) is 18.2 Å². The Labute approximate surface area is 133 Å². The Balaban J connectivity index is 1.78. The normalized spacial score (nSPS) is 23.4. The second kappa shape index (κ2) is 4.96. The second-order valence-electron chi connectivity index (χ2n) is 5.81. The zero-order valence-electron chi connectivity index (χ0n) is 12.3. The van der Waals surface area contributed by atoms with E-state index in [1.807, 2.05) is 35.7 Å². The molecule has 0 N–H and O–H groups in total. The molecule has 2 atom stereocenters. The first-order valence-electron chi connectivity index (χ1n) is 7.42. The quantitative estimate of drug-likeness (QED) is 0.693. The van der Waals surface area contributed by atoms with Gasteiger partial charge in [0, 0.05) is 16.7 Å². The molecule has 22 heavy (non-hydrogen) atoms. The molecule has 1 fully saturated rings. The number of hydrogen-bond donors (Lipinski definition) is 0. The van der Waals surface area contributed by atoms with E-state index in [0.29, 0.717) is 0 Å². The first-order valence-corrected chi connectivity index (χ1v) is 8.30. The summed E-state index contributed by atoms with van der Waals surface area (Å²) in [5.41, 5.74) is -0.468. The second-order valence-corrected chi connectivity index (χ2v) is 6.76. The predicted molar refractivity (Wildman–Crippen MR) is 89.4 cm³/mol. The van der Waals surface area contributed by atoms with Crippen LogP contribution in [0.4, 0.5) is 0 Å². The standard InChI is InChI=1S/C19H16O2S/c1-13(20)16-12-19(16,18-10-5-11-22-18)21-17-9-4-7-14-6-2-3-8-15(14)17/h2-11,16H,12H2,1H3. The smallest absolute Gasteiger partial charge is 0.154 e. The molecule has 0 spiro atoms. The SMILES string of the molecule is CC(=O)C1CC1(Oc1cccc2ccccc12)c1cccs1. The van der Waals surface area contributed by atoms with Crippen LogP contribution in [0.25, 0.3) is 10.8 Å². The predicted octanol–water partition coefficient (Wildman–Crippen LogP) is 4.78. The van der Waals surface area contributed by atoms with Crippen molar-refractivity contribution >= 4 is 27.9 Å². The van der Waals surface area contributed by atoms with Crippen molar-refractivity contribution < 1.29 is 9.53 Å². The number of carbonyl (C=O) groups is 1. The molecule has 110 valence electrons. The Morgan fingerprint density at radius 1 is 1.14 bits per heavy atom. The van der Waals surface area contributed by atoms with Gasteiger partial charge in [0.1, 0.15) is 11.5 Å². The van der Waals surface area contributed by atoms with Gasteiger partial charge in [0.05, 0.1) is 5.92 Å². The van der Waals surface area contributed by atoms with E-state index in [9.17, 15) is 4.79 Å². The molecule has 3 aromatic rings. The lowest BCUT2D eigenvalue weighted by molar-refractivity contribution is -0.119. The van der Waals surface area contributed by atoms with Crippen molar-refractivity contribution in [1.82, 2.24) is 0 Å². The summed E-state index contributed by atoms with van der Waals surface area (Å²) in [5.74, 6) is 1.02. The van der Waals surface area contributed by atoms with Crippen LogP contribution in [-0.4, -0.2) is 5.78 Å². The first-order chi connectivity index (χ1) is 10.7. The number of hydrogen-bond acceptors (Lipinski definition) is 3. The van der Waals surface area contributed by atoms with Gasteiger partial charge >= 0.3 is 0 Å². The molecular formula is C19H16O2S. The minimum absolute atomic E-state index is 0.0369. The number of Topliss-reactive ketones (excluding diaryl/α,β-unsaturated/α-hetero) is 1. The van der Waals surface area contributed by atoms with Gasteiger partial charge in [0.2, 0.25) is 0 Å². The fourth-order valence-corrected chi connectivity index (χ4v) is 4.08. The van der Waals surface area contributed by atoms with E-state index in [-0.39, 0.29) is 11.7 Å². The summed E-state index contributed by atoms with van der Waals surface area (Å²) < 4.78 is 6.43.